The molecule has 0 spiro atoms. The summed E-state index contributed by atoms with van der Waals surface area (Å²) < 4.78 is 17.6. The Bertz CT molecular complexity index is 1470. The van der Waals surface area contributed by atoms with Crippen molar-refractivity contribution >= 4 is 40.9 Å². The number of hydrogen-bond donors (Lipinski definition) is 0. The fraction of sp³-hybridized carbons (Fsp3) is 0.206. The van der Waals surface area contributed by atoms with Gasteiger partial charge < -0.3 is 23.9 Å². The summed E-state index contributed by atoms with van der Waals surface area (Å²) in [5, 5.41) is 16.9. The Balaban J connectivity index is 2.19. The Morgan fingerprint density at radius 2 is 1.14 bits per heavy atom. The van der Waals surface area contributed by atoms with Crippen molar-refractivity contribution < 1.29 is 33.7 Å². The van der Waals surface area contributed by atoms with Gasteiger partial charge in [0.25, 0.3) is 5.78 Å². The summed E-state index contributed by atoms with van der Waals surface area (Å²) in [6.45, 7) is 4.99. The molecule has 0 aliphatic rings. The minimum absolute atomic E-state index is 0.00253. The van der Waals surface area contributed by atoms with Crippen LogP contribution in [0.15, 0.2) is 121 Å². The summed E-state index contributed by atoms with van der Waals surface area (Å²) in [5.41, 5.74) is -0.120. The highest BCUT2D eigenvalue weighted by Crippen LogP contribution is 2.66. The lowest BCUT2D eigenvalue weighted by Gasteiger charge is -2.36. The number of ether oxygens (including phenoxy) is 3. The Morgan fingerprint density at radius 3 is 1.58 bits per heavy atom. The molecule has 0 amide bonds. The topological polar surface area (TPSA) is 107 Å². The zero-order valence-corrected chi connectivity index (χ0v) is 25.2. The van der Waals surface area contributed by atoms with Crippen LogP contribution < -0.4 is 21.0 Å². The molecule has 0 bridgehead atoms. The molecule has 3 aromatic carbocycles. The third kappa shape index (κ3) is 6.25. The highest BCUT2D eigenvalue weighted by Gasteiger charge is 2.56. The molecule has 0 aliphatic carbocycles. The van der Waals surface area contributed by atoms with Crippen LogP contribution in [-0.4, -0.2) is 42.1 Å². The van der Waals surface area contributed by atoms with Crippen molar-refractivity contribution in [3.05, 3.63) is 126 Å². The van der Waals surface area contributed by atoms with Crippen molar-refractivity contribution in [3.8, 4) is 0 Å². The van der Waals surface area contributed by atoms with Crippen molar-refractivity contribution in [2.45, 2.75) is 26.8 Å². The van der Waals surface area contributed by atoms with Gasteiger partial charge in [-0.15, -0.1) is 0 Å². The van der Waals surface area contributed by atoms with E-state index in [4.69, 9.17) is 14.2 Å². The summed E-state index contributed by atoms with van der Waals surface area (Å²) in [4.78, 5) is 40.0. The maximum Gasteiger partial charge on any atom is 0.381 e. The van der Waals surface area contributed by atoms with E-state index in [-0.39, 0.29) is 30.8 Å². The number of aromatic nitrogens is 1. The number of carbonyl (C=O) groups excluding carboxylic acids is 3. The SMILES string of the molecule is CCOC(=O)C(=O)c1cccn1C(C(=O)OCC)/C(=C(\[O-])OCC)[P+](c1ccccc1)(c1ccccc1)c1ccccc1. The van der Waals surface area contributed by atoms with Gasteiger partial charge in [0.1, 0.15) is 28.5 Å². The molecule has 8 nitrogen and oxygen atoms in total. The quantitative estimate of drug-likeness (QED) is 0.0755. The van der Waals surface area contributed by atoms with E-state index in [1.54, 1.807) is 20.8 Å². The van der Waals surface area contributed by atoms with Gasteiger partial charge in [0.15, 0.2) is 6.04 Å². The second kappa shape index (κ2) is 14.5. The first-order chi connectivity index (χ1) is 20.9. The Hall–Kier alpha value is -4.68. The van der Waals surface area contributed by atoms with Crippen molar-refractivity contribution in [2.24, 2.45) is 0 Å². The van der Waals surface area contributed by atoms with Gasteiger partial charge >= 0.3 is 11.9 Å². The minimum atomic E-state index is -3.22. The molecule has 1 unspecified atom stereocenters. The van der Waals surface area contributed by atoms with Crippen LogP contribution in [0.5, 0.6) is 0 Å². The first-order valence-electron chi connectivity index (χ1n) is 14.1. The number of Topliss-reactive ketones (excluding diaryl/α,β-unsaturated/α-hetero) is 1. The number of esters is 2. The molecule has 1 heterocycles. The molecule has 4 rings (SSSR count). The van der Waals surface area contributed by atoms with Gasteiger partial charge in [-0.25, -0.2) is 9.59 Å². The van der Waals surface area contributed by atoms with E-state index < -0.39 is 37.0 Å². The van der Waals surface area contributed by atoms with E-state index in [0.717, 1.165) is 15.9 Å². The van der Waals surface area contributed by atoms with Crippen LogP contribution in [0.1, 0.15) is 37.3 Å². The average Bonchev–Trinajstić information content (AvgIpc) is 3.52. The zero-order valence-electron chi connectivity index (χ0n) is 24.3. The zero-order chi connectivity index (χ0) is 30.8. The number of carbonyl (C=O) groups is 3. The van der Waals surface area contributed by atoms with E-state index in [1.807, 2.05) is 91.0 Å². The Kier molecular flexibility index (Phi) is 10.5. The van der Waals surface area contributed by atoms with Crippen LogP contribution in [0.3, 0.4) is 0 Å². The molecule has 43 heavy (non-hydrogen) atoms. The predicted octanol–water partition coefficient (Wildman–Crippen LogP) is 3.90. The average molecular weight is 600 g/mol. The maximum absolute atomic E-state index is 14.4. The molecule has 0 radical (unpaired) electrons. The van der Waals surface area contributed by atoms with Gasteiger partial charge in [-0.05, 0) is 69.0 Å². The lowest BCUT2D eigenvalue weighted by molar-refractivity contribution is -0.358. The fourth-order valence-corrected chi connectivity index (χ4v) is 9.67. The maximum atomic E-state index is 14.4. The van der Waals surface area contributed by atoms with E-state index in [2.05, 4.69) is 0 Å². The highest BCUT2D eigenvalue weighted by molar-refractivity contribution is 7.99. The van der Waals surface area contributed by atoms with Gasteiger partial charge in [0, 0.05) is 6.20 Å². The van der Waals surface area contributed by atoms with E-state index in [0.29, 0.717) is 0 Å². The molecule has 0 saturated carbocycles. The summed E-state index contributed by atoms with van der Waals surface area (Å²) in [5.74, 6) is -3.51. The first-order valence-corrected chi connectivity index (χ1v) is 15.9. The van der Waals surface area contributed by atoms with Crippen molar-refractivity contribution in [2.75, 3.05) is 19.8 Å². The molecule has 1 aromatic heterocycles. The highest BCUT2D eigenvalue weighted by atomic mass is 31.2. The second-order valence-electron chi connectivity index (χ2n) is 9.29. The van der Waals surface area contributed by atoms with Crippen molar-refractivity contribution in [1.82, 2.24) is 4.57 Å². The largest absolute Gasteiger partial charge is 0.611 e. The summed E-state index contributed by atoms with van der Waals surface area (Å²) in [6.07, 6.45) is 1.49. The summed E-state index contributed by atoms with van der Waals surface area (Å²) in [6, 6.07) is 30.0. The molecular formula is C34H34NO7P. The van der Waals surface area contributed by atoms with Crippen molar-refractivity contribution in [3.63, 3.8) is 0 Å². The molecule has 4 aromatic rings. The summed E-state index contributed by atoms with van der Waals surface area (Å²) >= 11 is 0. The molecule has 0 fully saturated rings. The van der Waals surface area contributed by atoms with E-state index in [9.17, 15) is 19.5 Å². The van der Waals surface area contributed by atoms with Crippen LogP contribution in [0.4, 0.5) is 0 Å². The number of hydrogen-bond acceptors (Lipinski definition) is 7. The molecule has 1 atom stereocenters. The third-order valence-corrected chi connectivity index (χ3v) is 11.2. The van der Waals surface area contributed by atoms with Crippen LogP contribution in [0, 0.1) is 0 Å². The van der Waals surface area contributed by atoms with Gasteiger partial charge in [-0.3, -0.25) is 4.79 Å². The summed E-state index contributed by atoms with van der Waals surface area (Å²) in [7, 11) is -3.22. The van der Waals surface area contributed by atoms with Gasteiger partial charge in [0.2, 0.25) is 0 Å². The van der Waals surface area contributed by atoms with Crippen molar-refractivity contribution in [1.29, 1.82) is 0 Å². The predicted molar refractivity (Wildman–Crippen MR) is 165 cm³/mol. The number of ketones is 1. The Morgan fingerprint density at radius 1 is 0.674 bits per heavy atom. The second-order valence-corrected chi connectivity index (χ2v) is 12.7. The smallest absolute Gasteiger partial charge is 0.381 e. The molecule has 0 aliphatic heterocycles. The standard InChI is InChI=1S/C34H34NO7P/c1-4-40-32(37)29(35-24-16-23-28(35)30(36)33(38)41-5-2)31(34(39)42-6-3)43(25-17-10-7-11-18-25,26-19-12-8-13-20-26)27-21-14-9-15-22-27/h7-24,29H,4-6H2,1-3H3/b34-31-. The van der Waals surface area contributed by atoms with Crippen LogP contribution in [-0.2, 0) is 23.8 Å². The van der Waals surface area contributed by atoms with Gasteiger partial charge in [0.05, 0.1) is 24.9 Å². The first kappa shape index (κ1) is 31.3. The van der Waals surface area contributed by atoms with E-state index >= 15 is 0 Å². The number of nitrogens with zero attached hydrogens (tertiary/aromatic N) is 1. The fourth-order valence-electron chi connectivity index (χ4n) is 5.15. The molecule has 0 saturated heterocycles. The van der Waals surface area contributed by atoms with Crippen LogP contribution in [0.25, 0.3) is 0 Å². The normalized spacial score (nSPS) is 12.5. The lowest BCUT2D eigenvalue weighted by Crippen LogP contribution is -2.40. The minimum Gasteiger partial charge on any atom is -0.611 e. The van der Waals surface area contributed by atoms with E-state index in [1.165, 1.54) is 22.9 Å². The van der Waals surface area contributed by atoms with Crippen LogP contribution >= 0.6 is 7.26 Å². The Labute approximate surface area is 251 Å². The molecule has 9 heteroatoms. The number of rotatable bonds is 13. The molecular weight excluding hydrogens is 565 g/mol. The molecule has 222 valence electrons. The lowest BCUT2D eigenvalue weighted by atomic mass is 10.2. The van der Waals surface area contributed by atoms with Gasteiger partial charge in [-0.1, -0.05) is 61.5 Å². The third-order valence-electron chi connectivity index (χ3n) is 6.80. The monoisotopic (exact) mass is 599 g/mol. The number of benzene rings is 3. The molecule has 0 N–H and O–H groups in total. The van der Waals surface area contributed by atoms with Crippen LogP contribution in [0.2, 0.25) is 0 Å². The van der Waals surface area contributed by atoms with Gasteiger partial charge in [-0.2, -0.15) is 0 Å².